The van der Waals surface area contributed by atoms with Crippen LogP contribution in [0.2, 0.25) is 0 Å². The quantitative estimate of drug-likeness (QED) is 0.799. The van der Waals surface area contributed by atoms with E-state index in [0.29, 0.717) is 17.3 Å². The molecule has 0 amide bonds. The third-order valence-electron chi connectivity index (χ3n) is 4.38. The Balaban J connectivity index is 1.94. The van der Waals surface area contributed by atoms with Crippen LogP contribution < -0.4 is 0 Å². The van der Waals surface area contributed by atoms with E-state index in [1.165, 1.54) is 12.0 Å². The molecular weight excluding hydrogens is 284 g/mol. The minimum atomic E-state index is 0.510. The minimum Gasteiger partial charge on any atom is -0.310 e. The Hall–Kier alpha value is -2.41. The van der Waals surface area contributed by atoms with Crippen LogP contribution in [0.4, 0.5) is 0 Å². The third-order valence-corrected chi connectivity index (χ3v) is 4.38. The van der Waals surface area contributed by atoms with Crippen LogP contribution in [-0.2, 0) is 13.0 Å². The van der Waals surface area contributed by atoms with Crippen molar-refractivity contribution in [3.05, 3.63) is 47.0 Å². The molecule has 0 saturated carbocycles. The van der Waals surface area contributed by atoms with Crippen LogP contribution in [0.5, 0.6) is 0 Å². The lowest BCUT2D eigenvalue weighted by Crippen LogP contribution is -2.05. The van der Waals surface area contributed by atoms with Gasteiger partial charge in [-0.3, -0.25) is 0 Å². The molecule has 0 saturated heterocycles. The van der Waals surface area contributed by atoms with Crippen LogP contribution in [0, 0.1) is 11.3 Å². The Bertz CT molecular complexity index is 745. The van der Waals surface area contributed by atoms with E-state index < -0.39 is 0 Å². The monoisotopic (exact) mass is 306 g/mol. The van der Waals surface area contributed by atoms with E-state index >= 15 is 0 Å². The van der Waals surface area contributed by atoms with Crippen molar-refractivity contribution in [1.82, 2.24) is 14.8 Å². The summed E-state index contributed by atoms with van der Waals surface area (Å²) in [4.78, 5) is 0. The summed E-state index contributed by atoms with van der Waals surface area (Å²) in [5, 5.41) is 18.1. The van der Waals surface area contributed by atoms with Crippen LogP contribution in [0.1, 0.15) is 61.8 Å². The largest absolute Gasteiger partial charge is 0.310 e. The maximum atomic E-state index is 9.57. The van der Waals surface area contributed by atoms with Gasteiger partial charge in [-0.25, -0.2) is 0 Å². The van der Waals surface area contributed by atoms with Gasteiger partial charge in [0.05, 0.1) is 5.57 Å². The second-order valence-corrected chi connectivity index (χ2v) is 6.39. The van der Waals surface area contributed by atoms with Gasteiger partial charge in [0.25, 0.3) is 0 Å². The molecule has 3 rings (SSSR count). The highest BCUT2D eigenvalue weighted by atomic mass is 15.3. The Morgan fingerprint density at radius 3 is 2.65 bits per heavy atom. The summed E-state index contributed by atoms with van der Waals surface area (Å²) in [5.74, 6) is 2.22. The van der Waals surface area contributed by atoms with Crippen molar-refractivity contribution in [2.24, 2.45) is 0 Å². The smallest absolute Gasteiger partial charge is 0.174 e. The summed E-state index contributed by atoms with van der Waals surface area (Å²) >= 11 is 0. The summed E-state index contributed by atoms with van der Waals surface area (Å²) in [7, 11) is 0. The van der Waals surface area contributed by atoms with Crippen molar-refractivity contribution in [2.75, 3.05) is 0 Å². The number of allylic oxidation sites excluding steroid dienone is 1. The van der Waals surface area contributed by atoms with Crippen molar-refractivity contribution in [2.45, 2.75) is 52.0 Å². The SMILES string of the molecule is CC(C)c1ccc(/C=C(\C#N)c2nnc3n2CCCCC3)cc1. The van der Waals surface area contributed by atoms with Gasteiger partial charge in [-0.1, -0.05) is 44.5 Å². The van der Waals surface area contributed by atoms with E-state index in [1.54, 1.807) is 0 Å². The van der Waals surface area contributed by atoms with Gasteiger partial charge >= 0.3 is 0 Å². The van der Waals surface area contributed by atoms with Gasteiger partial charge in [0.1, 0.15) is 11.9 Å². The number of fused-ring (bicyclic) bond motifs is 1. The highest BCUT2D eigenvalue weighted by Crippen LogP contribution is 2.22. The first-order chi connectivity index (χ1) is 11.2. The topological polar surface area (TPSA) is 54.5 Å². The number of aryl methyl sites for hydroxylation is 1. The first kappa shape index (κ1) is 15.5. The zero-order valence-corrected chi connectivity index (χ0v) is 13.8. The molecule has 1 aromatic heterocycles. The summed E-state index contributed by atoms with van der Waals surface area (Å²) in [5.41, 5.74) is 2.91. The second kappa shape index (κ2) is 6.78. The molecule has 118 valence electrons. The fraction of sp³-hybridized carbons (Fsp3) is 0.421. The van der Waals surface area contributed by atoms with Crippen molar-refractivity contribution in [1.29, 1.82) is 5.26 Å². The molecule has 0 aliphatic carbocycles. The maximum absolute atomic E-state index is 9.57. The lowest BCUT2D eigenvalue weighted by molar-refractivity contribution is 0.627. The molecule has 0 spiro atoms. The van der Waals surface area contributed by atoms with E-state index in [0.717, 1.165) is 37.2 Å². The molecule has 4 nitrogen and oxygen atoms in total. The lowest BCUT2D eigenvalue weighted by Gasteiger charge is -2.07. The van der Waals surface area contributed by atoms with E-state index in [4.69, 9.17) is 0 Å². The van der Waals surface area contributed by atoms with Gasteiger partial charge in [0, 0.05) is 13.0 Å². The minimum absolute atomic E-state index is 0.510. The van der Waals surface area contributed by atoms with Gasteiger partial charge < -0.3 is 4.57 Å². The van der Waals surface area contributed by atoms with E-state index in [1.807, 2.05) is 6.08 Å². The zero-order chi connectivity index (χ0) is 16.2. The fourth-order valence-electron chi connectivity index (χ4n) is 2.97. The molecule has 0 atom stereocenters. The lowest BCUT2D eigenvalue weighted by atomic mass is 10.0. The van der Waals surface area contributed by atoms with Crippen LogP contribution in [0.3, 0.4) is 0 Å². The number of hydrogen-bond donors (Lipinski definition) is 0. The summed E-state index contributed by atoms with van der Waals surface area (Å²) in [6.45, 7) is 5.26. The van der Waals surface area contributed by atoms with Crippen LogP contribution in [-0.4, -0.2) is 14.8 Å². The predicted molar refractivity (Wildman–Crippen MR) is 91.6 cm³/mol. The van der Waals surface area contributed by atoms with Crippen molar-refractivity contribution < 1.29 is 0 Å². The maximum Gasteiger partial charge on any atom is 0.174 e. The number of hydrogen-bond acceptors (Lipinski definition) is 3. The number of nitrogens with zero attached hydrogens (tertiary/aromatic N) is 4. The molecule has 0 radical (unpaired) electrons. The molecule has 0 unspecified atom stereocenters. The van der Waals surface area contributed by atoms with Gasteiger partial charge in [-0.05, 0) is 36.0 Å². The standard InChI is InChI=1S/C19H22N4/c1-14(2)16-9-7-15(8-10-16)12-17(13-20)19-22-21-18-6-4-3-5-11-23(18)19/h7-10,12,14H,3-6,11H2,1-2H3/b17-12+. The van der Waals surface area contributed by atoms with Gasteiger partial charge in [-0.15, -0.1) is 10.2 Å². The zero-order valence-electron chi connectivity index (χ0n) is 13.8. The second-order valence-electron chi connectivity index (χ2n) is 6.39. The van der Waals surface area contributed by atoms with Gasteiger partial charge in [0.15, 0.2) is 5.82 Å². The number of rotatable bonds is 3. The van der Waals surface area contributed by atoms with Gasteiger partial charge in [0.2, 0.25) is 0 Å². The highest BCUT2D eigenvalue weighted by Gasteiger charge is 2.17. The Morgan fingerprint density at radius 2 is 1.96 bits per heavy atom. The fourth-order valence-corrected chi connectivity index (χ4v) is 2.97. The first-order valence-corrected chi connectivity index (χ1v) is 8.33. The number of benzene rings is 1. The van der Waals surface area contributed by atoms with E-state index in [9.17, 15) is 5.26 Å². The molecule has 23 heavy (non-hydrogen) atoms. The molecular formula is C19H22N4. The molecule has 0 N–H and O–H groups in total. The van der Waals surface area contributed by atoms with Crippen LogP contribution in [0.15, 0.2) is 24.3 Å². The summed E-state index contributed by atoms with van der Waals surface area (Å²) in [6, 6.07) is 10.7. The Labute approximate surface area is 137 Å². The summed E-state index contributed by atoms with van der Waals surface area (Å²) in [6.07, 6.45) is 6.35. The Morgan fingerprint density at radius 1 is 1.17 bits per heavy atom. The number of nitriles is 1. The first-order valence-electron chi connectivity index (χ1n) is 8.33. The molecule has 2 heterocycles. The van der Waals surface area contributed by atoms with Crippen molar-refractivity contribution in [3.63, 3.8) is 0 Å². The average molecular weight is 306 g/mol. The van der Waals surface area contributed by atoms with E-state index in [-0.39, 0.29) is 0 Å². The molecule has 0 fully saturated rings. The van der Waals surface area contributed by atoms with E-state index in [2.05, 4.69) is 58.9 Å². The van der Waals surface area contributed by atoms with Crippen molar-refractivity contribution >= 4 is 11.6 Å². The molecule has 1 aliphatic heterocycles. The summed E-state index contributed by atoms with van der Waals surface area (Å²) < 4.78 is 2.12. The molecule has 2 aromatic rings. The molecule has 4 heteroatoms. The Kier molecular flexibility index (Phi) is 4.57. The third kappa shape index (κ3) is 3.34. The van der Waals surface area contributed by atoms with Crippen molar-refractivity contribution in [3.8, 4) is 6.07 Å². The van der Waals surface area contributed by atoms with Crippen LogP contribution in [0.25, 0.3) is 11.6 Å². The molecule has 0 bridgehead atoms. The molecule has 1 aliphatic rings. The predicted octanol–water partition coefficient (Wildman–Crippen LogP) is 4.19. The normalized spacial score (nSPS) is 15.1. The van der Waals surface area contributed by atoms with Gasteiger partial charge in [-0.2, -0.15) is 5.26 Å². The average Bonchev–Trinajstić information content (AvgIpc) is 2.81. The number of aromatic nitrogens is 3. The van der Waals surface area contributed by atoms with Crippen LogP contribution >= 0.6 is 0 Å². The molecule has 1 aromatic carbocycles. The highest BCUT2D eigenvalue weighted by molar-refractivity contribution is 5.87.